The summed E-state index contributed by atoms with van der Waals surface area (Å²) in [4.78, 5) is 11.6. The highest BCUT2D eigenvalue weighted by Crippen LogP contribution is 2.33. The van der Waals surface area contributed by atoms with Gasteiger partial charge in [-0.05, 0) is 53.3 Å². The van der Waals surface area contributed by atoms with Crippen LogP contribution in [-0.4, -0.2) is 11.8 Å². The number of benzene rings is 1. The van der Waals surface area contributed by atoms with Gasteiger partial charge in [-0.25, -0.2) is 0 Å². The van der Waals surface area contributed by atoms with Gasteiger partial charge < -0.3 is 5.32 Å². The number of rotatable bonds is 5. The number of allylic oxidation sites excluding steroid dienone is 5. The van der Waals surface area contributed by atoms with Gasteiger partial charge >= 0.3 is 0 Å². The fourth-order valence-electron chi connectivity index (χ4n) is 2.47. The Hall–Kier alpha value is -1.80. The van der Waals surface area contributed by atoms with Crippen molar-refractivity contribution in [2.75, 3.05) is 11.2 Å². The Balaban J connectivity index is 2.35. The molecular weight excluding hydrogens is 282 g/mol. The van der Waals surface area contributed by atoms with Gasteiger partial charge in [-0.15, -0.1) is 11.6 Å². The third-order valence-corrected chi connectivity index (χ3v) is 3.87. The van der Waals surface area contributed by atoms with Crippen molar-refractivity contribution in [1.29, 1.82) is 0 Å². The first-order valence-corrected chi connectivity index (χ1v) is 7.65. The molecule has 2 rings (SSSR count). The van der Waals surface area contributed by atoms with Gasteiger partial charge in [-0.3, -0.25) is 4.79 Å². The maximum Gasteiger partial charge on any atom is 0.228 e. The fraction of sp³-hybridized carbons (Fsp3) is 0.278. The normalized spacial score (nSPS) is 14.4. The van der Waals surface area contributed by atoms with E-state index < -0.39 is 0 Å². The summed E-state index contributed by atoms with van der Waals surface area (Å²) >= 11 is 5.62. The lowest BCUT2D eigenvalue weighted by atomic mass is 9.94. The molecule has 0 saturated heterocycles. The van der Waals surface area contributed by atoms with Crippen LogP contribution in [0.1, 0.15) is 30.5 Å². The third-order valence-electron chi connectivity index (χ3n) is 3.69. The molecule has 110 valence electrons. The number of carbonyl (C=O) groups excluding carboxylic acids is 1. The molecule has 0 bridgehead atoms. The van der Waals surface area contributed by atoms with Gasteiger partial charge in [0.1, 0.15) is 0 Å². The molecule has 1 heterocycles. The van der Waals surface area contributed by atoms with Crippen LogP contribution in [0.25, 0.3) is 5.57 Å². The zero-order valence-corrected chi connectivity index (χ0v) is 13.3. The van der Waals surface area contributed by atoms with Crippen molar-refractivity contribution in [3.8, 4) is 0 Å². The Labute approximate surface area is 131 Å². The van der Waals surface area contributed by atoms with E-state index >= 15 is 0 Å². The minimum absolute atomic E-state index is 0.0692. The number of anilines is 1. The molecule has 3 heteroatoms. The maximum absolute atomic E-state index is 11.6. The summed E-state index contributed by atoms with van der Waals surface area (Å²) in [5.41, 5.74) is 6.37. The number of carbonyl (C=O) groups is 1. The lowest BCUT2D eigenvalue weighted by Crippen LogP contribution is -2.04. The third kappa shape index (κ3) is 3.45. The molecule has 2 nitrogen and oxygen atoms in total. The SMILES string of the molecule is C=C(/C(C)=C\C=C/CCl)c1cc(CC)c2c(c1)CC(=O)N2. The van der Waals surface area contributed by atoms with Gasteiger partial charge in [-0.1, -0.05) is 31.7 Å². The first kappa shape index (κ1) is 15.6. The molecule has 0 spiro atoms. The van der Waals surface area contributed by atoms with Gasteiger partial charge in [0.2, 0.25) is 5.91 Å². The number of nitrogens with one attached hydrogen (secondary N) is 1. The Morgan fingerprint density at radius 3 is 2.90 bits per heavy atom. The second kappa shape index (κ2) is 6.77. The Morgan fingerprint density at radius 1 is 1.48 bits per heavy atom. The largest absolute Gasteiger partial charge is 0.325 e. The highest BCUT2D eigenvalue weighted by Gasteiger charge is 2.21. The second-order valence-electron chi connectivity index (χ2n) is 5.16. The molecule has 21 heavy (non-hydrogen) atoms. The van der Waals surface area contributed by atoms with Crippen molar-refractivity contribution in [2.24, 2.45) is 0 Å². The van der Waals surface area contributed by atoms with E-state index in [-0.39, 0.29) is 5.91 Å². The van der Waals surface area contributed by atoms with Crippen LogP contribution in [0.4, 0.5) is 5.69 Å². The van der Waals surface area contributed by atoms with Crippen LogP contribution in [0.5, 0.6) is 0 Å². The summed E-state index contributed by atoms with van der Waals surface area (Å²) < 4.78 is 0. The van der Waals surface area contributed by atoms with Gasteiger partial charge in [0.25, 0.3) is 0 Å². The molecule has 1 aromatic rings. The van der Waals surface area contributed by atoms with E-state index in [1.807, 2.05) is 25.2 Å². The van der Waals surface area contributed by atoms with Crippen molar-refractivity contribution >= 4 is 28.8 Å². The molecule has 0 unspecified atom stereocenters. The molecule has 0 aliphatic carbocycles. The zero-order chi connectivity index (χ0) is 15.4. The van der Waals surface area contributed by atoms with Gasteiger partial charge in [0.05, 0.1) is 6.42 Å². The number of halogens is 1. The second-order valence-corrected chi connectivity index (χ2v) is 5.47. The first-order valence-electron chi connectivity index (χ1n) is 7.11. The summed E-state index contributed by atoms with van der Waals surface area (Å²) in [5, 5.41) is 2.95. The van der Waals surface area contributed by atoms with Crippen LogP contribution in [-0.2, 0) is 17.6 Å². The van der Waals surface area contributed by atoms with Crippen LogP contribution in [0.15, 0.2) is 42.5 Å². The number of alkyl halides is 1. The van der Waals surface area contributed by atoms with Crippen molar-refractivity contribution in [3.05, 3.63) is 59.2 Å². The molecule has 1 N–H and O–H groups in total. The minimum Gasteiger partial charge on any atom is -0.325 e. The predicted molar refractivity (Wildman–Crippen MR) is 90.8 cm³/mol. The van der Waals surface area contributed by atoms with Crippen LogP contribution in [0.2, 0.25) is 0 Å². The molecule has 0 aromatic heterocycles. The minimum atomic E-state index is 0.0692. The lowest BCUT2D eigenvalue weighted by molar-refractivity contribution is -0.115. The smallest absolute Gasteiger partial charge is 0.228 e. The van der Waals surface area contributed by atoms with E-state index in [0.29, 0.717) is 12.3 Å². The van der Waals surface area contributed by atoms with Crippen LogP contribution < -0.4 is 5.32 Å². The quantitative estimate of drug-likeness (QED) is 0.630. The van der Waals surface area contributed by atoms with E-state index in [9.17, 15) is 4.79 Å². The van der Waals surface area contributed by atoms with Crippen LogP contribution in [0, 0.1) is 0 Å². The van der Waals surface area contributed by atoms with E-state index in [4.69, 9.17) is 11.6 Å². The van der Waals surface area contributed by atoms with Gasteiger partial charge in [-0.2, -0.15) is 0 Å². The number of hydrogen-bond donors (Lipinski definition) is 1. The summed E-state index contributed by atoms with van der Waals surface area (Å²) in [6.07, 6.45) is 7.18. The molecule has 1 aromatic carbocycles. The molecule has 1 aliphatic heterocycles. The average molecular weight is 302 g/mol. The van der Waals surface area contributed by atoms with Crippen LogP contribution in [0.3, 0.4) is 0 Å². The van der Waals surface area contributed by atoms with Gasteiger partial charge in [0.15, 0.2) is 0 Å². The Bertz CT molecular complexity index is 641. The topological polar surface area (TPSA) is 29.1 Å². The summed E-state index contributed by atoms with van der Waals surface area (Å²) in [7, 11) is 0. The van der Waals surface area contributed by atoms with Crippen molar-refractivity contribution in [3.63, 3.8) is 0 Å². The summed E-state index contributed by atoms with van der Waals surface area (Å²) in [6.45, 7) is 8.31. The Morgan fingerprint density at radius 2 is 2.24 bits per heavy atom. The first-order chi connectivity index (χ1) is 10.1. The Kier molecular flexibility index (Phi) is 5.03. The maximum atomic E-state index is 11.6. The molecule has 0 atom stereocenters. The molecule has 0 radical (unpaired) electrons. The van der Waals surface area contributed by atoms with Crippen molar-refractivity contribution in [1.82, 2.24) is 0 Å². The van der Waals surface area contributed by atoms with E-state index in [0.717, 1.165) is 34.4 Å². The number of aryl methyl sites for hydroxylation is 1. The highest BCUT2D eigenvalue weighted by atomic mass is 35.5. The fourth-order valence-corrected chi connectivity index (χ4v) is 2.57. The highest BCUT2D eigenvalue weighted by molar-refractivity contribution is 6.18. The summed E-state index contributed by atoms with van der Waals surface area (Å²) in [5.74, 6) is 0.572. The van der Waals surface area contributed by atoms with Crippen LogP contribution >= 0.6 is 11.6 Å². The average Bonchev–Trinajstić information content (AvgIpc) is 2.85. The zero-order valence-electron chi connectivity index (χ0n) is 12.5. The molecule has 0 saturated carbocycles. The standard InChI is InChI=1S/C18H20ClNO/c1-4-14-9-15(10-16-11-17(21)20-18(14)16)13(3)12(2)7-5-6-8-19/h5-7,9-10H,3-4,8,11H2,1-2H3,(H,20,21)/b6-5-,12-7-. The number of amides is 1. The molecule has 0 fully saturated rings. The number of hydrogen-bond acceptors (Lipinski definition) is 1. The molecule has 1 aliphatic rings. The molecule has 1 amide bonds. The van der Waals surface area contributed by atoms with Crippen molar-refractivity contribution in [2.45, 2.75) is 26.7 Å². The predicted octanol–water partition coefficient (Wildman–Crippen LogP) is 4.50. The van der Waals surface area contributed by atoms with E-state index in [1.165, 1.54) is 5.56 Å². The van der Waals surface area contributed by atoms with E-state index in [1.54, 1.807) is 0 Å². The van der Waals surface area contributed by atoms with Crippen molar-refractivity contribution < 1.29 is 4.79 Å². The van der Waals surface area contributed by atoms with Gasteiger partial charge in [0, 0.05) is 11.6 Å². The summed E-state index contributed by atoms with van der Waals surface area (Å²) in [6, 6.07) is 4.19. The molecular formula is C18H20ClNO. The van der Waals surface area contributed by atoms with E-state index in [2.05, 4.69) is 31.0 Å². The number of fused-ring (bicyclic) bond motifs is 1. The lowest BCUT2D eigenvalue weighted by Gasteiger charge is -2.12. The monoisotopic (exact) mass is 301 g/mol.